The van der Waals surface area contributed by atoms with Crippen LogP contribution in [0, 0.1) is 6.42 Å². The van der Waals surface area contributed by atoms with Crippen LogP contribution in [-0.2, 0) is 31.3 Å². The van der Waals surface area contributed by atoms with E-state index in [1.165, 1.54) is 51.4 Å². The maximum absolute atomic E-state index is 9.37. The summed E-state index contributed by atoms with van der Waals surface area (Å²) in [5.74, 6) is -1.49. The summed E-state index contributed by atoms with van der Waals surface area (Å²) in [4.78, 5) is 18.7. The average molecular weight is 405 g/mol. The first-order chi connectivity index (χ1) is 11.0. The third kappa shape index (κ3) is 9.53. The molecule has 0 heterocycles. The molecule has 140 valence electrons. The molecule has 0 aromatic heterocycles. The van der Waals surface area contributed by atoms with Gasteiger partial charge in [0.2, 0.25) is 0 Å². The molecule has 25 heavy (non-hydrogen) atoms. The van der Waals surface area contributed by atoms with Gasteiger partial charge in [0.15, 0.2) is 0 Å². The van der Waals surface area contributed by atoms with E-state index in [4.69, 9.17) is 10.2 Å². The van der Waals surface area contributed by atoms with Crippen LogP contribution in [0.15, 0.2) is 22.3 Å². The van der Waals surface area contributed by atoms with E-state index in [0.29, 0.717) is 0 Å². The predicted molar refractivity (Wildman–Crippen MR) is 91.1 cm³/mol. The second-order valence-corrected chi connectivity index (χ2v) is 6.06. The summed E-state index contributed by atoms with van der Waals surface area (Å²) in [6, 6.07) is 0. The van der Waals surface area contributed by atoms with Crippen LogP contribution >= 0.6 is 0 Å². The minimum absolute atomic E-state index is 0. The summed E-state index contributed by atoms with van der Waals surface area (Å²) in [5.41, 5.74) is 7.06. The van der Waals surface area contributed by atoms with Gasteiger partial charge in [0.1, 0.15) is 0 Å². The third-order valence-electron chi connectivity index (χ3n) is 4.36. The first-order valence-corrected chi connectivity index (χ1v) is 8.69. The Labute approximate surface area is 172 Å². The normalized spacial score (nSPS) is 17.0. The summed E-state index contributed by atoms with van der Waals surface area (Å²) >= 11 is 0. The molecule has 3 aliphatic rings. The van der Waals surface area contributed by atoms with Gasteiger partial charge in [0.25, 0.3) is 0 Å². The molecule has 6 heteroatoms. The number of carboxylic acid groups (broad SMARTS) is 2. The van der Waals surface area contributed by atoms with Crippen LogP contribution in [0.4, 0.5) is 0 Å². The Hall–Kier alpha value is -0.706. The van der Waals surface area contributed by atoms with Gasteiger partial charge in [-0.15, -0.1) is 12.0 Å². The van der Waals surface area contributed by atoms with Gasteiger partial charge in [0, 0.05) is 12.8 Å². The molecule has 0 aromatic carbocycles. The number of carbonyl (C=O) groups is 2. The number of aliphatic carboxylic acids is 2. The molecule has 0 aliphatic heterocycles. The van der Waals surface area contributed by atoms with Gasteiger partial charge < -0.3 is 22.6 Å². The Balaban J connectivity index is 0. The zero-order chi connectivity index (χ0) is 17.2. The van der Waals surface area contributed by atoms with Gasteiger partial charge in [0.05, 0.1) is 0 Å². The quantitative estimate of drug-likeness (QED) is 0.544. The van der Waals surface area contributed by atoms with Crippen molar-refractivity contribution in [1.82, 2.24) is 0 Å². The zero-order valence-electron chi connectivity index (χ0n) is 15.2. The summed E-state index contributed by atoms with van der Waals surface area (Å²) in [7, 11) is 0. The molecule has 0 aromatic rings. The molecule has 0 unspecified atom stereocenters. The van der Waals surface area contributed by atoms with Crippen molar-refractivity contribution in [3.05, 3.63) is 28.7 Å². The minimum Gasteiger partial charge on any atom is -1.00 e. The second kappa shape index (κ2) is 14.5. The Morgan fingerprint density at radius 1 is 0.920 bits per heavy atom. The van der Waals surface area contributed by atoms with Crippen molar-refractivity contribution in [2.45, 2.75) is 78.1 Å². The number of hydrogen-bond acceptors (Lipinski definition) is 2. The molecule has 0 saturated heterocycles. The molecule has 0 fully saturated rings. The van der Waals surface area contributed by atoms with Gasteiger partial charge in [-0.2, -0.15) is 5.57 Å². The van der Waals surface area contributed by atoms with Crippen LogP contribution in [0.2, 0.25) is 0 Å². The molecule has 0 amide bonds. The number of halogens is 1. The Kier molecular flexibility index (Phi) is 15.3. The van der Waals surface area contributed by atoms with E-state index in [9.17, 15) is 9.59 Å². The van der Waals surface area contributed by atoms with Crippen LogP contribution in [0.5, 0.6) is 0 Å². The second-order valence-electron chi connectivity index (χ2n) is 6.06. The van der Waals surface area contributed by atoms with E-state index in [2.05, 4.69) is 6.42 Å². The summed E-state index contributed by atoms with van der Waals surface area (Å²) < 4.78 is 0. The fraction of sp³-hybridized carbons (Fsp3) is 0.632. The van der Waals surface area contributed by atoms with Crippen LogP contribution in [0.1, 0.15) is 78.1 Å². The largest absolute Gasteiger partial charge is 2.00 e. The molecule has 4 nitrogen and oxygen atoms in total. The van der Waals surface area contributed by atoms with E-state index in [1.807, 2.05) is 0 Å². The average Bonchev–Trinajstić information content (AvgIpc) is 2.94. The standard InChI is InChI=1S/C13H17.2C3H6O2.ClH.Ti/c1-3-7-12-10(5-1)9-11-6-2-4-8-13(11)12;2*1-2-3(4)5;;/h5H,1-4,6-9H2;2*2H2,1H3,(H,4,5);1H;/q-1;;;;+2/p-1. The van der Waals surface area contributed by atoms with Crippen LogP contribution in [0.3, 0.4) is 0 Å². The molecular formula is C19H29ClO4Ti. The van der Waals surface area contributed by atoms with Crippen LogP contribution in [0.25, 0.3) is 0 Å². The number of rotatable bonds is 2. The van der Waals surface area contributed by atoms with Crippen LogP contribution < -0.4 is 12.4 Å². The van der Waals surface area contributed by atoms with Gasteiger partial charge in [-0.3, -0.25) is 9.59 Å². The Morgan fingerprint density at radius 2 is 1.40 bits per heavy atom. The summed E-state index contributed by atoms with van der Waals surface area (Å²) in [5, 5.41) is 15.4. The topological polar surface area (TPSA) is 74.6 Å². The molecule has 3 rings (SSSR count). The van der Waals surface area contributed by atoms with E-state index in [-0.39, 0.29) is 47.0 Å². The van der Waals surface area contributed by atoms with Crippen LogP contribution in [-0.4, -0.2) is 22.2 Å². The first-order valence-electron chi connectivity index (χ1n) is 8.69. The smallest absolute Gasteiger partial charge is 1.00 e. The van der Waals surface area contributed by atoms with Crippen molar-refractivity contribution in [1.29, 1.82) is 0 Å². The Morgan fingerprint density at radius 3 is 1.92 bits per heavy atom. The number of carboxylic acids is 2. The summed E-state index contributed by atoms with van der Waals surface area (Å²) in [6.45, 7) is 3.20. The van der Waals surface area contributed by atoms with E-state index < -0.39 is 11.9 Å². The first kappa shape index (κ1) is 26.5. The van der Waals surface area contributed by atoms with Gasteiger partial charge in [-0.05, 0) is 25.7 Å². The van der Waals surface area contributed by atoms with Crippen molar-refractivity contribution in [2.24, 2.45) is 0 Å². The van der Waals surface area contributed by atoms with Crippen molar-refractivity contribution in [3.8, 4) is 0 Å². The molecule has 2 N–H and O–H groups in total. The van der Waals surface area contributed by atoms with E-state index in [1.54, 1.807) is 36.1 Å². The van der Waals surface area contributed by atoms with E-state index >= 15 is 0 Å². The van der Waals surface area contributed by atoms with Crippen molar-refractivity contribution in [2.75, 3.05) is 0 Å². The molecule has 0 bridgehead atoms. The third-order valence-corrected chi connectivity index (χ3v) is 4.36. The fourth-order valence-corrected chi connectivity index (χ4v) is 3.12. The van der Waals surface area contributed by atoms with Crippen molar-refractivity contribution >= 4 is 11.9 Å². The fourth-order valence-electron chi connectivity index (χ4n) is 3.12. The monoisotopic (exact) mass is 404 g/mol. The van der Waals surface area contributed by atoms with Crippen molar-refractivity contribution in [3.63, 3.8) is 0 Å². The van der Waals surface area contributed by atoms with Crippen molar-refractivity contribution < 1.29 is 53.9 Å². The van der Waals surface area contributed by atoms with E-state index in [0.717, 1.165) is 0 Å². The SMILES string of the molecule is CCC(=O)O.CCC(=O)O.[CH-]1CCCC2=C1CC1=C2CCCC1.[Cl-].[Ti+2]. The molecular weight excluding hydrogens is 376 g/mol. The molecule has 0 radical (unpaired) electrons. The molecule has 0 spiro atoms. The van der Waals surface area contributed by atoms with Gasteiger partial charge in [-0.1, -0.05) is 38.7 Å². The summed E-state index contributed by atoms with van der Waals surface area (Å²) in [6.07, 6.45) is 14.1. The number of allylic oxidation sites excluding steroid dienone is 4. The maximum Gasteiger partial charge on any atom is 2.00 e. The molecule has 0 saturated carbocycles. The zero-order valence-corrected chi connectivity index (χ0v) is 17.6. The molecule has 0 atom stereocenters. The predicted octanol–water partition coefficient (Wildman–Crippen LogP) is 1.91. The number of fused-ring (bicyclic) bond motifs is 1. The number of hydrogen-bond donors (Lipinski definition) is 2. The Bertz CT molecular complexity index is 454. The minimum atomic E-state index is -0.745. The maximum atomic E-state index is 9.37. The van der Waals surface area contributed by atoms with Gasteiger partial charge in [-0.25, -0.2) is 12.0 Å². The van der Waals surface area contributed by atoms with Gasteiger partial charge >= 0.3 is 33.7 Å². The molecule has 3 aliphatic carbocycles.